The van der Waals surface area contributed by atoms with Crippen LogP contribution in [0.2, 0.25) is 0 Å². The predicted octanol–water partition coefficient (Wildman–Crippen LogP) is 6.85. The number of hydrogen-bond acceptors (Lipinski definition) is 2. The Balaban J connectivity index is 0.000000164. The Labute approximate surface area is 204 Å². The average molecular weight is 595 g/mol. The molecule has 0 fully saturated rings. The molecule has 163 valence electrons. The maximum absolute atomic E-state index is 4.48. The SMILES string of the molecule is [Ir].[c-]1c(-c2ccccn2)cc2c3c1CCCC3CCC2.[c-]1ccccc1-c1ccccn1. The summed E-state index contributed by atoms with van der Waals surface area (Å²) in [5.74, 6) is 0.821. The molecule has 1 atom stereocenters. The Morgan fingerprint density at radius 3 is 2.09 bits per heavy atom. The number of benzene rings is 2. The first-order valence-electron chi connectivity index (χ1n) is 11.3. The second-order valence-corrected chi connectivity index (χ2v) is 8.29. The van der Waals surface area contributed by atoms with E-state index in [0.717, 1.165) is 22.9 Å². The minimum Gasteiger partial charge on any atom is -0.305 e. The first-order valence-corrected chi connectivity index (χ1v) is 11.3. The summed E-state index contributed by atoms with van der Waals surface area (Å²) in [6, 6.07) is 28.9. The van der Waals surface area contributed by atoms with E-state index < -0.39 is 0 Å². The first kappa shape index (κ1) is 22.6. The third kappa shape index (κ3) is 5.06. The number of aryl methyl sites for hydroxylation is 2. The number of hydrogen-bond donors (Lipinski definition) is 0. The zero-order valence-corrected chi connectivity index (χ0v) is 20.4. The minimum absolute atomic E-state index is 0. The van der Waals surface area contributed by atoms with Crippen molar-refractivity contribution in [3.63, 3.8) is 0 Å². The van der Waals surface area contributed by atoms with Gasteiger partial charge in [-0.15, -0.1) is 70.3 Å². The first-order chi connectivity index (χ1) is 15.4. The number of rotatable bonds is 2. The van der Waals surface area contributed by atoms with Crippen molar-refractivity contribution in [3.05, 3.63) is 108 Å². The van der Waals surface area contributed by atoms with Gasteiger partial charge in [-0.3, -0.25) is 0 Å². The van der Waals surface area contributed by atoms with E-state index in [4.69, 9.17) is 0 Å². The van der Waals surface area contributed by atoms with Crippen LogP contribution in [0, 0.1) is 12.1 Å². The molecule has 0 spiro atoms. The summed E-state index contributed by atoms with van der Waals surface area (Å²) in [5, 5.41) is 0. The molecule has 2 aliphatic rings. The molecule has 0 bridgehead atoms. The molecule has 1 unspecified atom stereocenters. The van der Waals surface area contributed by atoms with Gasteiger partial charge in [-0.25, -0.2) is 0 Å². The summed E-state index contributed by atoms with van der Waals surface area (Å²) in [6.45, 7) is 0. The van der Waals surface area contributed by atoms with Gasteiger partial charge in [0.15, 0.2) is 0 Å². The van der Waals surface area contributed by atoms with E-state index >= 15 is 0 Å². The van der Waals surface area contributed by atoms with Crippen molar-refractivity contribution < 1.29 is 20.1 Å². The maximum Gasteiger partial charge on any atom is 0.0160 e. The second kappa shape index (κ2) is 10.8. The van der Waals surface area contributed by atoms with Crippen LogP contribution in [0.3, 0.4) is 0 Å². The zero-order chi connectivity index (χ0) is 20.9. The average Bonchev–Trinajstić information content (AvgIpc) is 2.86. The van der Waals surface area contributed by atoms with E-state index in [1.807, 2.05) is 54.7 Å². The molecule has 32 heavy (non-hydrogen) atoms. The molecule has 6 rings (SSSR count). The molecule has 0 amide bonds. The van der Waals surface area contributed by atoms with Crippen LogP contribution in [0.1, 0.15) is 48.3 Å². The standard InChI is InChI=1S/C18H18N.C11H8N.Ir/c1-2-10-19-17(9-1)16-11-14-7-3-5-13-6-4-8-15(12-16)18(13)14;1-2-6-10(7-3-1)11-8-4-5-9-12-11;/h1-2,9-11,13H,3-8H2;1-6,8-9H;/q2*-1;. The van der Waals surface area contributed by atoms with E-state index in [0.29, 0.717) is 0 Å². The van der Waals surface area contributed by atoms with Crippen molar-refractivity contribution in [2.24, 2.45) is 0 Å². The fraction of sp³-hybridized carbons (Fsp3) is 0.241. The molecule has 0 saturated heterocycles. The van der Waals surface area contributed by atoms with Crippen LogP contribution < -0.4 is 0 Å². The van der Waals surface area contributed by atoms with E-state index in [1.165, 1.54) is 49.7 Å². The minimum atomic E-state index is 0. The number of nitrogens with zero attached hydrogens (tertiary/aromatic N) is 2. The Hall–Kier alpha value is -2.61. The number of pyridine rings is 2. The Morgan fingerprint density at radius 1 is 0.750 bits per heavy atom. The Morgan fingerprint density at radius 2 is 1.44 bits per heavy atom. The summed E-state index contributed by atoms with van der Waals surface area (Å²) >= 11 is 0. The van der Waals surface area contributed by atoms with Crippen molar-refractivity contribution in [2.75, 3.05) is 0 Å². The van der Waals surface area contributed by atoms with Crippen LogP contribution in [0.5, 0.6) is 0 Å². The summed E-state index contributed by atoms with van der Waals surface area (Å²) in [5.41, 5.74) is 8.97. The van der Waals surface area contributed by atoms with Crippen molar-refractivity contribution in [3.8, 4) is 22.5 Å². The van der Waals surface area contributed by atoms with E-state index in [9.17, 15) is 0 Å². The molecule has 2 aliphatic carbocycles. The molecular formula is C29H26IrN2-2. The van der Waals surface area contributed by atoms with Gasteiger partial charge in [-0.05, 0) is 42.3 Å². The fourth-order valence-electron chi connectivity index (χ4n) is 4.86. The maximum atomic E-state index is 4.48. The van der Waals surface area contributed by atoms with Crippen molar-refractivity contribution >= 4 is 0 Å². The molecular weight excluding hydrogens is 569 g/mol. The van der Waals surface area contributed by atoms with E-state index in [1.54, 1.807) is 17.3 Å². The van der Waals surface area contributed by atoms with Gasteiger partial charge < -0.3 is 9.97 Å². The van der Waals surface area contributed by atoms with Crippen LogP contribution >= 0.6 is 0 Å². The van der Waals surface area contributed by atoms with Gasteiger partial charge in [-0.2, -0.15) is 0 Å². The largest absolute Gasteiger partial charge is 0.305 e. The second-order valence-electron chi connectivity index (χ2n) is 8.29. The quantitative estimate of drug-likeness (QED) is 0.237. The molecule has 2 nitrogen and oxygen atoms in total. The predicted molar refractivity (Wildman–Crippen MR) is 126 cm³/mol. The third-order valence-electron chi connectivity index (χ3n) is 6.25. The van der Waals surface area contributed by atoms with Gasteiger partial charge in [-0.1, -0.05) is 49.9 Å². The Bertz CT molecular complexity index is 1060. The molecule has 4 aromatic rings. The number of aromatic nitrogens is 2. The topological polar surface area (TPSA) is 25.8 Å². The van der Waals surface area contributed by atoms with Crippen LogP contribution in [0.4, 0.5) is 0 Å². The van der Waals surface area contributed by atoms with Crippen LogP contribution in [-0.4, -0.2) is 9.97 Å². The van der Waals surface area contributed by atoms with Crippen LogP contribution in [0.15, 0.2) is 79.1 Å². The third-order valence-corrected chi connectivity index (χ3v) is 6.25. The van der Waals surface area contributed by atoms with Gasteiger partial charge >= 0.3 is 0 Å². The van der Waals surface area contributed by atoms with Crippen molar-refractivity contribution in [1.29, 1.82) is 0 Å². The van der Waals surface area contributed by atoms with Gasteiger partial charge in [0, 0.05) is 32.5 Å². The van der Waals surface area contributed by atoms with Crippen LogP contribution in [-0.2, 0) is 32.9 Å². The normalized spacial score (nSPS) is 16.1. The monoisotopic (exact) mass is 595 g/mol. The fourth-order valence-corrected chi connectivity index (χ4v) is 4.86. The van der Waals surface area contributed by atoms with Crippen LogP contribution in [0.25, 0.3) is 22.5 Å². The van der Waals surface area contributed by atoms with Crippen molar-refractivity contribution in [1.82, 2.24) is 9.97 Å². The summed E-state index contributed by atoms with van der Waals surface area (Å²) < 4.78 is 0. The van der Waals surface area contributed by atoms with Gasteiger partial charge in [0.05, 0.1) is 0 Å². The molecule has 0 N–H and O–H groups in total. The van der Waals surface area contributed by atoms with Crippen molar-refractivity contribution in [2.45, 2.75) is 44.4 Å². The molecule has 2 aromatic heterocycles. The van der Waals surface area contributed by atoms with E-state index in [2.05, 4.69) is 40.3 Å². The zero-order valence-electron chi connectivity index (χ0n) is 18.1. The smallest absolute Gasteiger partial charge is 0.0160 e. The summed E-state index contributed by atoms with van der Waals surface area (Å²) in [6.07, 6.45) is 11.6. The summed E-state index contributed by atoms with van der Waals surface area (Å²) in [7, 11) is 0. The molecule has 0 aliphatic heterocycles. The van der Waals surface area contributed by atoms with Gasteiger partial charge in [0.2, 0.25) is 0 Å². The molecule has 3 heteroatoms. The molecule has 1 radical (unpaired) electrons. The van der Waals surface area contributed by atoms with Gasteiger partial charge in [0.25, 0.3) is 0 Å². The van der Waals surface area contributed by atoms with E-state index in [-0.39, 0.29) is 20.1 Å². The molecule has 2 aromatic carbocycles. The van der Waals surface area contributed by atoms with Gasteiger partial charge in [0.1, 0.15) is 0 Å². The molecule has 0 saturated carbocycles. The Kier molecular flexibility index (Phi) is 7.63. The summed E-state index contributed by atoms with van der Waals surface area (Å²) in [4.78, 5) is 8.70. The molecule has 2 heterocycles.